The highest BCUT2D eigenvalue weighted by Crippen LogP contribution is 2.11. The third kappa shape index (κ3) is 5.25. The maximum atomic E-state index is 6.02. The maximum Gasteiger partial charge on any atom is 0.222 e. The molecule has 0 bridgehead atoms. The Balaban J connectivity index is 1.78. The van der Waals surface area contributed by atoms with E-state index in [0.29, 0.717) is 27.7 Å². The summed E-state index contributed by atoms with van der Waals surface area (Å²) in [6.07, 6.45) is 5.27. The van der Waals surface area contributed by atoms with Gasteiger partial charge in [-0.1, -0.05) is 8.58 Å². The zero-order chi connectivity index (χ0) is 15.1. The molecule has 0 fully saturated rings. The maximum absolute atomic E-state index is 6.02. The highest BCUT2D eigenvalue weighted by molar-refractivity contribution is 7.46. The molecule has 3 N–H and O–H groups in total. The first-order valence-corrected chi connectivity index (χ1v) is 8.22. The Morgan fingerprint density at radius 1 is 1.43 bits per heavy atom. The van der Waals surface area contributed by atoms with Gasteiger partial charge in [0.25, 0.3) is 0 Å². The Kier molecular flexibility index (Phi) is 5.84. The number of anilines is 1. The summed E-state index contributed by atoms with van der Waals surface area (Å²) < 4.78 is 5.66. The molecule has 0 aliphatic carbocycles. The van der Waals surface area contributed by atoms with Gasteiger partial charge in [-0.2, -0.15) is 0 Å². The average molecular weight is 305 g/mol. The highest BCUT2D eigenvalue weighted by atomic mass is 31.1. The fraction of sp³-hybridized carbons (Fsp3) is 0.357. The van der Waals surface area contributed by atoms with E-state index in [0.717, 1.165) is 11.4 Å². The van der Waals surface area contributed by atoms with Gasteiger partial charge < -0.3 is 15.8 Å². The Hall–Kier alpha value is -1.78. The normalized spacial score (nSPS) is 12.5. The summed E-state index contributed by atoms with van der Waals surface area (Å²) in [5.41, 5.74) is 6.93. The molecule has 112 valence electrons. The molecule has 0 amide bonds. The molecule has 2 atom stereocenters. The minimum Gasteiger partial charge on any atom is -0.490 e. The first-order valence-electron chi connectivity index (χ1n) is 6.72. The minimum atomic E-state index is -0.151. The monoisotopic (exact) mass is 305 g/mol. The molecule has 2 rings (SSSR count). The van der Waals surface area contributed by atoms with Gasteiger partial charge in [0.05, 0.1) is 12.2 Å². The number of rotatable bonds is 7. The standard InChI is InChI=1S/C14H20N5OP/c1-10-3-4-17-14(19-10)18-6-11(15)9-20-12-5-13(21-2)8-16-7-12/h3-5,7-8,11,21H,6,9,15H2,1-2H3,(H,17,18,19). The van der Waals surface area contributed by atoms with E-state index in [-0.39, 0.29) is 6.04 Å². The van der Waals surface area contributed by atoms with Crippen molar-refractivity contribution in [1.82, 2.24) is 15.0 Å². The third-order valence-electron chi connectivity index (χ3n) is 2.78. The summed E-state index contributed by atoms with van der Waals surface area (Å²) in [4.78, 5) is 12.5. The number of hydrogen-bond acceptors (Lipinski definition) is 6. The second-order valence-corrected chi connectivity index (χ2v) is 5.71. The summed E-state index contributed by atoms with van der Waals surface area (Å²) >= 11 is 0. The van der Waals surface area contributed by atoms with Crippen molar-refractivity contribution in [2.45, 2.75) is 13.0 Å². The number of pyridine rings is 1. The summed E-state index contributed by atoms with van der Waals surface area (Å²) in [6.45, 7) is 4.99. The number of nitrogens with one attached hydrogen (secondary N) is 1. The van der Waals surface area contributed by atoms with Gasteiger partial charge in [0.1, 0.15) is 12.4 Å². The van der Waals surface area contributed by atoms with Gasteiger partial charge >= 0.3 is 0 Å². The second-order valence-electron chi connectivity index (χ2n) is 4.63. The minimum absolute atomic E-state index is 0.151. The zero-order valence-corrected chi connectivity index (χ0v) is 13.2. The lowest BCUT2D eigenvalue weighted by molar-refractivity contribution is 0.292. The third-order valence-corrected chi connectivity index (χ3v) is 3.63. The predicted molar refractivity (Wildman–Crippen MR) is 86.8 cm³/mol. The van der Waals surface area contributed by atoms with E-state index in [1.807, 2.05) is 25.3 Å². The Morgan fingerprint density at radius 3 is 3.05 bits per heavy atom. The van der Waals surface area contributed by atoms with Crippen LogP contribution in [0, 0.1) is 6.92 Å². The number of nitrogens with two attached hydrogens (primary N) is 1. The van der Waals surface area contributed by atoms with Gasteiger partial charge in [0, 0.05) is 24.6 Å². The molecule has 0 saturated heterocycles. The number of hydrogen-bond donors (Lipinski definition) is 2. The molecule has 0 radical (unpaired) electrons. The van der Waals surface area contributed by atoms with Crippen LogP contribution in [0.2, 0.25) is 0 Å². The van der Waals surface area contributed by atoms with Crippen LogP contribution in [-0.2, 0) is 0 Å². The van der Waals surface area contributed by atoms with Gasteiger partial charge in [-0.25, -0.2) is 9.97 Å². The van der Waals surface area contributed by atoms with E-state index < -0.39 is 0 Å². The topological polar surface area (TPSA) is 86.0 Å². The first kappa shape index (κ1) is 15.6. The molecule has 21 heavy (non-hydrogen) atoms. The van der Waals surface area contributed by atoms with Crippen molar-refractivity contribution in [3.05, 3.63) is 36.4 Å². The molecular formula is C14H20N5OP. The molecule has 2 aromatic rings. The lowest BCUT2D eigenvalue weighted by Gasteiger charge is -2.14. The van der Waals surface area contributed by atoms with E-state index >= 15 is 0 Å². The highest BCUT2D eigenvalue weighted by Gasteiger charge is 2.05. The second kappa shape index (κ2) is 7.86. The molecule has 2 heterocycles. The summed E-state index contributed by atoms with van der Waals surface area (Å²) in [6, 6.07) is 3.69. The molecular weight excluding hydrogens is 285 g/mol. The fourth-order valence-electron chi connectivity index (χ4n) is 1.65. The molecule has 7 heteroatoms. The van der Waals surface area contributed by atoms with Crippen molar-refractivity contribution in [1.29, 1.82) is 0 Å². The van der Waals surface area contributed by atoms with Crippen LogP contribution in [-0.4, -0.2) is 40.8 Å². The summed E-state index contributed by atoms with van der Waals surface area (Å²) in [7, 11) is 0.703. The van der Waals surface area contributed by atoms with Crippen molar-refractivity contribution >= 4 is 19.8 Å². The van der Waals surface area contributed by atoms with Crippen LogP contribution in [0.4, 0.5) is 5.95 Å². The van der Waals surface area contributed by atoms with Gasteiger partial charge in [0.2, 0.25) is 5.95 Å². The first-order chi connectivity index (χ1) is 10.2. The van der Waals surface area contributed by atoms with Crippen LogP contribution in [0.5, 0.6) is 5.75 Å². The Morgan fingerprint density at radius 2 is 2.29 bits per heavy atom. The fourth-order valence-corrected chi connectivity index (χ4v) is 2.14. The summed E-state index contributed by atoms with van der Waals surface area (Å²) in [5.74, 6) is 1.34. The van der Waals surface area contributed by atoms with E-state index in [9.17, 15) is 0 Å². The molecule has 0 aliphatic rings. The predicted octanol–water partition coefficient (Wildman–Crippen LogP) is 0.932. The lowest BCUT2D eigenvalue weighted by Crippen LogP contribution is -2.35. The summed E-state index contributed by atoms with van der Waals surface area (Å²) in [5, 5.41) is 4.28. The van der Waals surface area contributed by atoms with E-state index in [1.165, 1.54) is 5.30 Å². The average Bonchev–Trinajstić information content (AvgIpc) is 2.51. The molecule has 2 unspecified atom stereocenters. The van der Waals surface area contributed by atoms with Crippen LogP contribution < -0.4 is 21.1 Å². The molecule has 0 saturated carbocycles. The van der Waals surface area contributed by atoms with Crippen molar-refractivity contribution in [3.8, 4) is 5.75 Å². The molecule has 6 nitrogen and oxygen atoms in total. The molecule has 0 aromatic carbocycles. The van der Waals surface area contributed by atoms with E-state index in [2.05, 4.69) is 26.9 Å². The van der Waals surface area contributed by atoms with Crippen LogP contribution in [0.25, 0.3) is 0 Å². The number of aromatic nitrogens is 3. The number of aryl methyl sites for hydroxylation is 1. The van der Waals surface area contributed by atoms with Crippen LogP contribution in [0.3, 0.4) is 0 Å². The quantitative estimate of drug-likeness (QED) is 0.740. The number of ether oxygens (including phenoxy) is 1. The largest absolute Gasteiger partial charge is 0.490 e. The SMILES string of the molecule is CPc1cncc(OCC(N)CNc2nccc(C)n2)c1. The molecule has 0 aliphatic heterocycles. The van der Waals surface area contributed by atoms with E-state index in [4.69, 9.17) is 10.5 Å². The van der Waals surface area contributed by atoms with Crippen molar-refractivity contribution < 1.29 is 4.74 Å². The Bertz CT molecular complexity index is 581. The Labute approximate surface area is 126 Å². The van der Waals surface area contributed by atoms with Gasteiger partial charge in [0.15, 0.2) is 0 Å². The van der Waals surface area contributed by atoms with Crippen LogP contribution in [0.1, 0.15) is 5.69 Å². The molecule has 2 aromatic heterocycles. The van der Waals surface area contributed by atoms with Crippen molar-refractivity contribution in [3.63, 3.8) is 0 Å². The van der Waals surface area contributed by atoms with Crippen LogP contribution >= 0.6 is 8.58 Å². The molecule has 0 spiro atoms. The van der Waals surface area contributed by atoms with Gasteiger partial charge in [-0.05, 0) is 31.0 Å². The van der Waals surface area contributed by atoms with Crippen molar-refractivity contribution in [2.75, 3.05) is 25.1 Å². The van der Waals surface area contributed by atoms with E-state index in [1.54, 1.807) is 12.4 Å². The van der Waals surface area contributed by atoms with Crippen LogP contribution in [0.15, 0.2) is 30.7 Å². The zero-order valence-electron chi connectivity index (χ0n) is 12.2. The van der Waals surface area contributed by atoms with Crippen molar-refractivity contribution in [2.24, 2.45) is 5.73 Å². The number of nitrogens with zero attached hydrogens (tertiary/aromatic N) is 3. The van der Waals surface area contributed by atoms with Gasteiger partial charge in [-0.15, -0.1) is 0 Å². The lowest BCUT2D eigenvalue weighted by atomic mass is 10.3. The van der Waals surface area contributed by atoms with Gasteiger partial charge in [-0.3, -0.25) is 4.98 Å². The smallest absolute Gasteiger partial charge is 0.222 e.